The Balaban J connectivity index is 1.90. The van der Waals surface area contributed by atoms with E-state index in [1.807, 2.05) is 19.3 Å². The number of aromatic nitrogens is 4. The van der Waals surface area contributed by atoms with Gasteiger partial charge in [-0.25, -0.2) is 9.78 Å². The second kappa shape index (κ2) is 5.94. The molecule has 7 heteroatoms. The average molecular weight is 261 g/mol. The highest BCUT2D eigenvalue weighted by Crippen LogP contribution is 2.04. The maximum Gasteiger partial charge on any atom is 0.358 e. The second-order valence-corrected chi connectivity index (χ2v) is 3.94. The van der Waals surface area contributed by atoms with E-state index in [1.54, 1.807) is 10.9 Å². The summed E-state index contributed by atoms with van der Waals surface area (Å²) in [5, 5.41) is 7.36. The normalized spacial score (nSPS) is 10.2. The summed E-state index contributed by atoms with van der Waals surface area (Å²) < 4.78 is 6.34. The number of nitrogens with one attached hydrogen (secondary N) is 1. The molecule has 0 bridgehead atoms. The lowest BCUT2D eigenvalue weighted by atomic mass is 10.3. The van der Waals surface area contributed by atoms with Crippen molar-refractivity contribution < 1.29 is 9.53 Å². The zero-order chi connectivity index (χ0) is 13.7. The van der Waals surface area contributed by atoms with Gasteiger partial charge in [-0.3, -0.25) is 9.67 Å². The summed E-state index contributed by atoms with van der Waals surface area (Å²) in [5.74, 6) is 0.0414. The molecule has 0 saturated carbocycles. The van der Waals surface area contributed by atoms with Crippen LogP contribution in [0.5, 0.6) is 0 Å². The highest BCUT2D eigenvalue weighted by Gasteiger charge is 2.08. The minimum absolute atomic E-state index is 0.185. The molecule has 0 spiro atoms. The maximum atomic E-state index is 11.3. The summed E-state index contributed by atoms with van der Waals surface area (Å²) in [6.45, 7) is 0.663. The van der Waals surface area contributed by atoms with Crippen LogP contribution in [0.3, 0.4) is 0 Å². The number of carbonyl (C=O) groups is 1. The van der Waals surface area contributed by atoms with Crippen molar-refractivity contribution >= 4 is 11.8 Å². The van der Waals surface area contributed by atoms with E-state index in [0.717, 1.165) is 12.1 Å². The third-order valence-electron chi connectivity index (χ3n) is 2.49. The van der Waals surface area contributed by atoms with E-state index < -0.39 is 5.97 Å². The van der Waals surface area contributed by atoms with E-state index in [4.69, 9.17) is 0 Å². The van der Waals surface area contributed by atoms with Crippen LogP contribution in [0.4, 0.5) is 5.82 Å². The summed E-state index contributed by atoms with van der Waals surface area (Å²) >= 11 is 0. The molecule has 0 unspecified atom stereocenters. The zero-order valence-corrected chi connectivity index (χ0v) is 10.8. The quantitative estimate of drug-likeness (QED) is 0.796. The van der Waals surface area contributed by atoms with Crippen LogP contribution < -0.4 is 5.32 Å². The van der Waals surface area contributed by atoms with Gasteiger partial charge in [0.15, 0.2) is 5.69 Å². The van der Waals surface area contributed by atoms with Crippen molar-refractivity contribution in [3.05, 3.63) is 36.0 Å². The Morgan fingerprint density at radius 2 is 2.32 bits per heavy atom. The Morgan fingerprint density at radius 1 is 1.47 bits per heavy atom. The van der Waals surface area contributed by atoms with E-state index in [1.165, 1.54) is 13.3 Å². The van der Waals surface area contributed by atoms with E-state index in [0.29, 0.717) is 12.4 Å². The van der Waals surface area contributed by atoms with Gasteiger partial charge in [0.05, 0.1) is 25.2 Å². The van der Waals surface area contributed by atoms with Crippen molar-refractivity contribution in [3.63, 3.8) is 0 Å². The smallest absolute Gasteiger partial charge is 0.358 e. The van der Waals surface area contributed by atoms with E-state index in [-0.39, 0.29) is 5.69 Å². The SMILES string of the molecule is COC(=O)c1cncc(NCCc2ccn(C)n2)n1. The highest BCUT2D eigenvalue weighted by molar-refractivity contribution is 5.87. The molecule has 1 N–H and O–H groups in total. The van der Waals surface area contributed by atoms with Crippen LogP contribution in [-0.4, -0.2) is 39.4 Å². The van der Waals surface area contributed by atoms with Crippen molar-refractivity contribution in [2.45, 2.75) is 6.42 Å². The number of nitrogens with zero attached hydrogens (tertiary/aromatic N) is 4. The molecule has 100 valence electrons. The van der Waals surface area contributed by atoms with Crippen LogP contribution in [-0.2, 0) is 18.2 Å². The van der Waals surface area contributed by atoms with Crippen LogP contribution in [0, 0.1) is 0 Å². The topological polar surface area (TPSA) is 81.9 Å². The first-order valence-corrected chi connectivity index (χ1v) is 5.82. The maximum absolute atomic E-state index is 11.3. The molecule has 0 aromatic carbocycles. The Hall–Kier alpha value is -2.44. The first kappa shape index (κ1) is 13.0. The lowest BCUT2D eigenvalue weighted by molar-refractivity contribution is 0.0593. The van der Waals surface area contributed by atoms with Gasteiger partial charge in [-0.1, -0.05) is 0 Å². The monoisotopic (exact) mass is 261 g/mol. The third kappa shape index (κ3) is 3.51. The molecule has 0 radical (unpaired) electrons. The van der Waals surface area contributed by atoms with E-state index >= 15 is 0 Å². The number of rotatable bonds is 5. The van der Waals surface area contributed by atoms with Gasteiger partial charge in [0.25, 0.3) is 0 Å². The highest BCUT2D eigenvalue weighted by atomic mass is 16.5. The van der Waals surface area contributed by atoms with Gasteiger partial charge < -0.3 is 10.1 Å². The van der Waals surface area contributed by atoms with Crippen LogP contribution in [0.15, 0.2) is 24.7 Å². The minimum Gasteiger partial charge on any atom is -0.464 e. The van der Waals surface area contributed by atoms with Crippen LogP contribution in [0.2, 0.25) is 0 Å². The van der Waals surface area contributed by atoms with Crippen LogP contribution in [0.1, 0.15) is 16.2 Å². The van der Waals surface area contributed by atoms with E-state index in [2.05, 4.69) is 25.1 Å². The molecular formula is C12H15N5O2. The Kier molecular flexibility index (Phi) is 4.07. The zero-order valence-electron chi connectivity index (χ0n) is 10.8. The van der Waals surface area contributed by atoms with Gasteiger partial charge >= 0.3 is 5.97 Å². The molecule has 0 aliphatic carbocycles. The van der Waals surface area contributed by atoms with E-state index in [9.17, 15) is 4.79 Å². The van der Waals surface area contributed by atoms with Crippen molar-refractivity contribution in [2.24, 2.45) is 7.05 Å². The molecule has 0 amide bonds. The van der Waals surface area contributed by atoms with Gasteiger partial charge in [-0.05, 0) is 6.07 Å². The Labute approximate surface area is 110 Å². The summed E-state index contributed by atoms with van der Waals surface area (Å²) in [6, 6.07) is 1.96. The molecule has 0 saturated heterocycles. The van der Waals surface area contributed by atoms with Gasteiger partial charge in [-0.2, -0.15) is 5.10 Å². The lowest BCUT2D eigenvalue weighted by Crippen LogP contribution is -2.11. The number of hydrogen-bond acceptors (Lipinski definition) is 6. The van der Waals surface area contributed by atoms with Crippen molar-refractivity contribution in [2.75, 3.05) is 19.0 Å². The summed E-state index contributed by atoms with van der Waals surface area (Å²) in [6.07, 6.45) is 5.60. The molecule has 19 heavy (non-hydrogen) atoms. The standard InChI is InChI=1S/C12H15N5O2/c1-17-6-4-9(16-17)3-5-14-11-8-13-7-10(15-11)12(18)19-2/h4,6-8H,3,5H2,1-2H3,(H,14,15). The number of carbonyl (C=O) groups excluding carboxylic acids is 1. The lowest BCUT2D eigenvalue weighted by Gasteiger charge is -2.05. The Morgan fingerprint density at radius 3 is 3.00 bits per heavy atom. The number of hydrogen-bond donors (Lipinski definition) is 1. The molecule has 2 rings (SSSR count). The Bertz CT molecular complexity index is 567. The molecular weight excluding hydrogens is 246 g/mol. The van der Waals surface area contributed by atoms with Crippen molar-refractivity contribution in [1.82, 2.24) is 19.7 Å². The second-order valence-electron chi connectivity index (χ2n) is 3.94. The summed E-state index contributed by atoms with van der Waals surface area (Å²) in [4.78, 5) is 19.3. The molecule has 2 heterocycles. The van der Waals surface area contributed by atoms with Gasteiger partial charge in [-0.15, -0.1) is 0 Å². The van der Waals surface area contributed by atoms with Crippen LogP contribution in [0.25, 0.3) is 0 Å². The molecule has 2 aromatic heterocycles. The fourth-order valence-electron chi connectivity index (χ4n) is 1.57. The predicted molar refractivity (Wildman–Crippen MR) is 68.8 cm³/mol. The third-order valence-corrected chi connectivity index (χ3v) is 2.49. The fraction of sp³-hybridized carbons (Fsp3) is 0.333. The molecule has 0 aliphatic heterocycles. The van der Waals surface area contributed by atoms with Gasteiger partial charge in [0.2, 0.25) is 0 Å². The predicted octanol–water partition coefficient (Wildman–Crippen LogP) is 0.651. The number of aryl methyl sites for hydroxylation is 1. The van der Waals surface area contributed by atoms with Crippen molar-refractivity contribution in [3.8, 4) is 0 Å². The number of ether oxygens (including phenoxy) is 1. The number of esters is 1. The summed E-state index contributed by atoms with van der Waals surface area (Å²) in [5.41, 5.74) is 1.18. The molecule has 0 aliphatic rings. The molecule has 0 atom stereocenters. The molecule has 7 nitrogen and oxygen atoms in total. The minimum atomic E-state index is -0.499. The average Bonchev–Trinajstić information content (AvgIpc) is 2.84. The summed E-state index contributed by atoms with van der Waals surface area (Å²) in [7, 11) is 3.19. The largest absolute Gasteiger partial charge is 0.464 e. The van der Waals surface area contributed by atoms with Gasteiger partial charge in [0.1, 0.15) is 5.82 Å². The number of methoxy groups -OCH3 is 1. The molecule has 2 aromatic rings. The first-order valence-electron chi connectivity index (χ1n) is 5.82. The molecule has 0 fully saturated rings. The fourth-order valence-corrected chi connectivity index (χ4v) is 1.57. The van der Waals surface area contributed by atoms with Crippen molar-refractivity contribution in [1.29, 1.82) is 0 Å². The van der Waals surface area contributed by atoms with Crippen LogP contribution >= 0.6 is 0 Å². The first-order chi connectivity index (χ1) is 9.19. The number of anilines is 1. The van der Waals surface area contributed by atoms with Gasteiger partial charge in [0, 0.05) is 26.2 Å².